The van der Waals surface area contributed by atoms with Gasteiger partial charge < -0.3 is 15.0 Å². The SMILES string of the molecule is CCNC(=O)C(C)c1c(F)c(C)c(-c2cn3cc(NC)nc3cn2)c2cn[nH]c12. The number of nitrogens with zero attached hydrogens (tertiary/aromatic N) is 4. The molecule has 29 heavy (non-hydrogen) atoms. The molecule has 150 valence electrons. The fourth-order valence-electron chi connectivity index (χ4n) is 3.65. The van der Waals surface area contributed by atoms with E-state index in [2.05, 4.69) is 30.8 Å². The predicted octanol–water partition coefficient (Wildman–Crippen LogP) is 3.00. The van der Waals surface area contributed by atoms with Crippen molar-refractivity contribution in [2.24, 2.45) is 0 Å². The van der Waals surface area contributed by atoms with Gasteiger partial charge in [0.2, 0.25) is 5.91 Å². The Kier molecular flexibility index (Phi) is 4.65. The number of likely N-dealkylation sites (N-methyl/N-ethyl adjacent to an activating group) is 1. The number of anilines is 1. The fraction of sp³-hybridized carbons (Fsp3) is 0.300. The van der Waals surface area contributed by atoms with Gasteiger partial charge in [-0.05, 0) is 26.3 Å². The number of hydrogen-bond donors (Lipinski definition) is 3. The van der Waals surface area contributed by atoms with Crippen LogP contribution in [0.1, 0.15) is 30.9 Å². The summed E-state index contributed by atoms with van der Waals surface area (Å²) < 4.78 is 17.3. The molecule has 1 aromatic carbocycles. The van der Waals surface area contributed by atoms with Gasteiger partial charge in [-0.25, -0.2) is 9.37 Å². The zero-order valence-electron chi connectivity index (χ0n) is 16.7. The number of amides is 1. The Bertz CT molecular complexity index is 1230. The molecule has 0 spiro atoms. The van der Waals surface area contributed by atoms with Gasteiger partial charge in [-0.15, -0.1) is 0 Å². The molecule has 8 nitrogen and oxygen atoms in total. The lowest BCUT2D eigenvalue weighted by atomic mass is 9.90. The molecular weight excluding hydrogens is 373 g/mol. The number of halogens is 1. The Morgan fingerprint density at radius 1 is 1.34 bits per heavy atom. The summed E-state index contributed by atoms with van der Waals surface area (Å²) >= 11 is 0. The van der Waals surface area contributed by atoms with Crippen molar-refractivity contribution in [3.8, 4) is 11.3 Å². The van der Waals surface area contributed by atoms with Crippen molar-refractivity contribution in [3.05, 3.63) is 41.7 Å². The zero-order chi connectivity index (χ0) is 20.7. The number of carbonyl (C=O) groups excluding carboxylic acids is 1. The molecule has 0 aliphatic heterocycles. The van der Waals surface area contributed by atoms with Crippen molar-refractivity contribution in [2.45, 2.75) is 26.7 Å². The summed E-state index contributed by atoms with van der Waals surface area (Å²) in [6.07, 6.45) is 6.93. The first-order valence-corrected chi connectivity index (χ1v) is 9.41. The molecular formula is C20H22FN7O. The van der Waals surface area contributed by atoms with E-state index >= 15 is 4.39 Å². The van der Waals surface area contributed by atoms with Crippen molar-refractivity contribution >= 4 is 28.3 Å². The van der Waals surface area contributed by atoms with Gasteiger partial charge in [-0.2, -0.15) is 5.10 Å². The van der Waals surface area contributed by atoms with E-state index in [1.54, 1.807) is 33.3 Å². The first kappa shape index (κ1) is 18.9. The molecule has 0 saturated heterocycles. The standard InChI is InChI=1S/C20H22FN7O/c1-5-23-20(29)11(3)17-18(21)10(2)16(12-6-25-27-19(12)17)13-8-28-9-14(22-4)26-15(28)7-24-13/h6-9,11,22H,5H2,1-4H3,(H,23,29)(H,25,27). The number of hydrogen-bond acceptors (Lipinski definition) is 5. The van der Waals surface area contributed by atoms with E-state index in [1.807, 2.05) is 23.7 Å². The normalized spacial score (nSPS) is 12.4. The highest BCUT2D eigenvalue weighted by Crippen LogP contribution is 2.37. The van der Waals surface area contributed by atoms with Gasteiger partial charge in [0.15, 0.2) is 5.65 Å². The highest BCUT2D eigenvalue weighted by Gasteiger charge is 2.27. The first-order valence-electron chi connectivity index (χ1n) is 9.41. The van der Waals surface area contributed by atoms with Crippen LogP contribution in [0.15, 0.2) is 24.8 Å². The summed E-state index contributed by atoms with van der Waals surface area (Å²) in [7, 11) is 1.79. The molecule has 0 radical (unpaired) electrons. The third-order valence-corrected chi connectivity index (χ3v) is 5.15. The summed E-state index contributed by atoms with van der Waals surface area (Å²) in [5.74, 6) is -0.606. The van der Waals surface area contributed by atoms with Crippen molar-refractivity contribution in [2.75, 3.05) is 18.9 Å². The molecule has 4 rings (SSSR count). The molecule has 4 aromatic rings. The number of benzene rings is 1. The molecule has 3 N–H and O–H groups in total. The van der Waals surface area contributed by atoms with Crippen LogP contribution in [0.25, 0.3) is 27.8 Å². The molecule has 0 fully saturated rings. The third kappa shape index (κ3) is 2.98. The molecule has 1 atom stereocenters. The second-order valence-electron chi connectivity index (χ2n) is 6.92. The number of imidazole rings is 1. The van der Waals surface area contributed by atoms with Gasteiger partial charge in [0.25, 0.3) is 0 Å². The minimum Gasteiger partial charge on any atom is -0.372 e. The largest absolute Gasteiger partial charge is 0.372 e. The number of aromatic amines is 1. The number of fused-ring (bicyclic) bond motifs is 2. The number of H-pyrrole nitrogens is 1. The van der Waals surface area contributed by atoms with Crippen LogP contribution in [0.3, 0.4) is 0 Å². The molecule has 1 amide bonds. The van der Waals surface area contributed by atoms with Crippen LogP contribution in [-0.2, 0) is 4.79 Å². The molecule has 9 heteroatoms. The molecule has 0 aliphatic carbocycles. The van der Waals surface area contributed by atoms with Crippen LogP contribution in [0.4, 0.5) is 10.2 Å². The Morgan fingerprint density at radius 2 is 2.14 bits per heavy atom. The number of carbonyl (C=O) groups is 1. The zero-order valence-corrected chi connectivity index (χ0v) is 16.7. The molecule has 0 aliphatic rings. The van der Waals surface area contributed by atoms with E-state index in [-0.39, 0.29) is 5.91 Å². The van der Waals surface area contributed by atoms with Crippen molar-refractivity contribution in [1.82, 2.24) is 29.9 Å². The average molecular weight is 395 g/mol. The second kappa shape index (κ2) is 7.16. The van der Waals surface area contributed by atoms with E-state index in [9.17, 15) is 4.79 Å². The molecule has 1 unspecified atom stereocenters. The lowest BCUT2D eigenvalue weighted by Gasteiger charge is -2.17. The summed E-state index contributed by atoms with van der Waals surface area (Å²) in [5.41, 5.74) is 3.15. The lowest BCUT2D eigenvalue weighted by Crippen LogP contribution is -2.28. The van der Waals surface area contributed by atoms with Crippen LogP contribution in [0.5, 0.6) is 0 Å². The Labute approximate surface area is 166 Å². The predicted molar refractivity (Wildman–Crippen MR) is 109 cm³/mol. The molecule has 0 bridgehead atoms. The summed E-state index contributed by atoms with van der Waals surface area (Å²) in [6.45, 7) is 5.71. The number of nitrogens with one attached hydrogen (secondary N) is 3. The van der Waals surface area contributed by atoms with Crippen molar-refractivity contribution in [1.29, 1.82) is 0 Å². The number of rotatable bonds is 5. The molecule has 0 saturated carbocycles. The van der Waals surface area contributed by atoms with Crippen molar-refractivity contribution < 1.29 is 9.18 Å². The van der Waals surface area contributed by atoms with Crippen LogP contribution >= 0.6 is 0 Å². The molecule has 3 heterocycles. The van der Waals surface area contributed by atoms with Crippen LogP contribution in [0.2, 0.25) is 0 Å². The Morgan fingerprint density at radius 3 is 2.86 bits per heavy atom. The third-order valence-electron chi connectivity index (χ3n) is 5.15. The minimum absolute atomic E-state index is 0.230. The van der Waals surface area contributed by atoms with Gasteiger partial charge >= 0.3 is 0 Å². The van der Waals surface area contributed by atoms with Gasteiger partial charge in [-0.3, -0.25) is 14.9 Å². The van der Waals surface area contributed by atoms with E-state index < -0.39 is 11.7 Å². The van der Waals surface area contributed by atoms with Gasteiger partial charge in [0, 0.05) is 36.3 Å². The second-order valence-corrected chi connectivity index (χ2v) is 6.92. The van der Waals surface area contributed by atoms with Crippen molar-refractivity contribution in [3.63, 3.8) is 0 Å². The van der Waals surface area contributed by atoms with Crippen LogP contribution in [-0.4, -0.2) is 44.1 Å². The summed E-state index contributed by atoms with van der Waals surface area (Å²) in [5, 5.41) is 13.4. The highest BCUT2D eigenvalue weighted by atomic mass is 19.1. The average Bonchev–Trinajstić information content (AvgIpc) is 3.34. The maximum absolute atomic E-state index is 15.5. The smallest absolute Gasteiger partial charge is 0.227 e. The van der Waals surface area contributed by atoms with E-state index in [0.29, 0.717) is 45.9 Å². The molecule has 3 aromatic heterocycles. The monoisotopic (exact) mass is 395 g/mol. The first-order chi connectivity index (χ1) is 14.0. The maximum Gasteiger partial charge on any atom is 0.227 e. The van der Waals surface area contributed by atoms with Gasteiger partial charge in [0.05, 0.1) is 35.7 Å². The maximum atomic E-state index is 15.5. The number of aromatic nitrogens is 5. The van der Waals surface area contributed by atoms with E-state index in [4.69, 9.17) is 0 Å². The van der Waals surface area contributed by atoms with Crippen LogP contribution in [0, 0.1) is 12.7 Å². The van der Waals surface area contributed by atoms with Gasteiger partial charge in [-0.1, -0.05) is 0 Å². The van der Waals surface area contributed by atoms with Crippen LogP contribution < -0.4 is 10.6 Å². The van der Waals surface area contributed by atoms with Gasteiger partial charge in [0.1, 0.15) is 11.6 Å². The summed E-state index contributed by atoms with van der Waals surface area (Å²) in [6, 6.07) is 0. The van der Waals surface area contributed by atoms with E-state index in [0.717, 1.165) is 5.39 Å². The Balaban J connectivity index is 1.93. The fourth-order valence-corrected chi connectivity index (χ4v) is 3.65. The summed E-state index contributed by atoms with van der Waals surface area (Å²) in [4.78, 5) is 21.2. The Hall–Kier alpha value is -3.49. The topological polar surface area (TPSA) is 100 Å². The quantitative estimate of drug-likeness (QED) is 0.482. The van der Waals surface area contributed by atoms with E-state index in [1.165, 1.54) is 0 Å². The lowest BCUT2D eigenvalue weighted by molar-refractivity contribution is -0.122. The highest BCUT2D eigenvalue weighted by molar-refractivity contribution is 6.00. The minimum atomic E-state index is -0.659.